The Labute approximate surface area is 98.9 Å². The highest BCUT2D eigenvalue weighted by Crippen LogP contribution is 2.24. The second kappa shape index (κ2) is 6.65. The lowest BCUT2D eigenvalue weighted by molar-refractivity contribution is -0.194. The molecule has 1 aliphatic heterocycles. The number of rotatable bonds is 3. The molecule has 5 nitrogen and oxygen atoms in total. The predicted molar refractivity (Wildman–Crippen MR) is 59.4 cm³/mol. The molecule has 0 amide bonds. The highest BCUT2D eigenvalue weighted by Gasteiger charge is 2.10. The molecule has 0 saturated carbocycles. The lowest BCUT2D eigenvalue weighted by Gasteiger charge is -1.89. The fourth-order valence-electron chi connectivity index (χ4n) is 1.19. The number of aliphatic carboxylic acids is 1. The number of carboxylic acid groups (broad SMARTS) is 1. The molecule has 0 radical (unpaired) electrons. The first-order valence-electron chi connectivity index (χ1n) is 5.28. The molecule has 0 atom stereocenters. The van der Waals surface area contributed by atoms with Crippen LogP contribution in [0, 0.1) is 0 Å². The van der Waals surface area contributed by atoms with Crippen molar-refractivity contribution in [3.63, 3.8) is 0 Å². The van der Waals surface area contributed by atoms with Gasteiger partial charge in [0.05, 0.1) is 0 Å². The summed E-state index contributed by atoms with van der Waals surface area (Å²) >= 11 is 0. The molecule has 1 aromatic rings. The molecule has 92 valence electrons. The molecule has 0 aromatic heterocycles. The molecule has 0 aliphatic carbocycles. The van der Waals surface area contributed by atoms with Gasteiger partial charge in [-0.2, -0.15) is 4.89 Å². The number of para-hydroxylation sites is 1. The molecule has 5 heteroatoms. The summed E-state index contributed by atoms with van der Waals surface area (Å²) < 4.78 is 0. The van der Waals surface area contributed by atoms with Crippen LogP contribution in [0.15, 0.2) is 24.3 Å². The van der Waals surface area contributed by atoms with Crippen molar-refractivity contribution in [2.45, 2.75) is 26.4 Å². The summed E-state index contributed by atoms with van der Waals surface area (Å²) in [5.74, 6) is -1.18. The number of ketones is 1. The average Bonchev–Trinajstić information content (AvgIpc) is 2.78. The molecule has 1 N–H and O–H groups in total. The minimum absolute atomic E-state index is 0.148. The monoisotopic (exact) mass is 238 g/mol. The quantitative estimate of drug-likeness (QED) is 0.643. The van der Waals surface area contributed by atoms with Crippen LogP contribution in [0.3, 0.4) is 0 Å². The molecular formula is C12H14O5. The van der Waals surface area contributed by atoms with E-state index in [1.54, 1.807) is 6.92 Å². The lowest BCUT2D eigenvalue weighted by atomic mass is 10.2. The van der Waals surface area contributed by atoms with Gasteiger partial charge in [-0.25, -0.2) is 4.79 Å². The zero-order chi connectivity index (χ0) is 12.7. The third-order valence-corrected chi connectivity index (χ3v) is 2.05. The van der Waals surface area contributed by atoms with Crippen molar-refractivity contribution < 1.29 is 24.5 Å². The average molecular weight is 238 g/mol. The first-order valence-corrected chi connectivity index (χ1v) is 5.28. The van der Waals surface area contributed by atoms with Crippen molar-refractivity contribution in [1.82, 2.24) is 0 Å². The van der Waals surface area contributed by atoms with E-state index >= 15 is 0 Å². The number of fused-ring (bicyclic) bond motifs is 1. The third-order valence-electron chi connectivity index (χ3n) is 2.05. The molecule has 1 aromatic carbocycles. The van der Waals surface area contributed by atoms with Gasteiger partial charge < -0.3 is 9.99 Å². The van der Waals surface area contributed by atoms with Crippen molar-refractivity contribution in [2.24, 2.45) is 0 Å². The number of hydrogen-bond acceptors (Lipinski definition) is 4. The summed E-state index contributed by atoms with van der Waals surface area (Å²) in [5.41, 5.74) is 1.12. The van der Waals surface area contributed by atoms with Gasteiger partial charge in [0.15, 0.2) is 5.75 Å². The van der Waals surface area contributed by atoms with E-state index in [4.69, 9.17) is 14.9 Å². The van der Waals surface area contributed by atoms with Gasteiger partial charge >= 0.3 is 5.97 Å². The molecule has 0 spiro atoms. The molecule has 1 heterocycles. The van der Waals surface area contributed by atoms with Crippen LogP contribution in [-0.2, 0) is 21.1 Å². The Morgan fingerprint density at radius 3 is 2.59 bits per heavy atom. The van der Waals surface area contributed by atoms with Gasteiger partial charge in [0.1, 0.15) is 6.61 Å². The molecule has 0 unspecified atom stereocenters. The second-order valence-electron chi connectivity index (χ2n) is 3.43. The van der Waals surface area contributed by atoms with Crippen LogP contribution < -0.4 is 4.89 Å². The number of carbonyl (C=O) groups excluding carboxylic acids is 1. The van der Waals surface area contributed by atoms with Crippen LogP contribution >= 0.6 is 0 Å². The molecule has 0 bridgehead atoms. The van der Waals surface area contributed by atoms with Gasteiger partial charge in [0.2, 0.25) is 5.78 Å². The van der Waals surface area contributed by atoms with Crippen LogP contribution in [0.4, 0.5) is 0 Å². The topological polar surface area (TPSA) is 72.8 Å². The van der Waals surface area contributed by atoms with Gasteiger partial charge in [-0.05, 0) is 12.5 Å². The highest BCUT2D eigenvalue weighted by atomic mass is 17.2. The number of carboxylic acids is 1. The number of carbonyl (C=O) groups is 2. The normalized spacial score (nSPS) is 11.8. The molecular weight excluding hydrogens is 224 g/mol. The molecule has 2 rings (SSSR count). The van der Waals surface area contributed by atoms with E-state index in [9.17, 15) is 9.59 Å². The van der Waals surface area contributed by atoms with Gasteiger partial charge in [0, 0.05) is 12.0 Å². The van der Waals surface area contributed by atoms with Crippen LogP contribution in [0.5, 0.6) is 5.75 Å². The van der Waals surface area contributed by atoms with Gasteiger partial charge in [-0.1, -0.05) is 25.1 Å². The summed E-state index contributed by atoms with van der Waals surface area (Å²) in [7, 11) is 0. The fourth-order valence-corrected chi connectivity index (χ4v) is 1.19. The number of hydrogen-bond donors (Lipinski definition) is 1. The van der Waals surface area contributed by atoms with Crippen molar-refractivity contribution in [2.75, 3.05) is 0 Å². The molecule has 0 saturated heterocycles. The van der Waals surface area contributed by atoms with E-state index in [1.165, 1.54) is 0 Å². The van der Waals surface area contributed by atoms with Crippen LogP contribution in [0.2, 0.25) is 0 Å². The van der Waals surface area contributed by atoms with E-state index in [0.29, 0.717) is 13.0 Å². The first kappa shape index (κ1) is 13.2. The summed E-state index contributed by atoms with van der Waals surface area (Å²) in [5, 5.41) is 7.96. The van der Waals surface area contributed by atoms with Crippen molar-refractivity contribution in [1.29, 1.82) is 0 Å². The molecule has 0 fully saturated rings. The van der Waals surface area contributed by atoms with E-state index in [0.717, 1.165) is 11.3 Å². The van der Waals surface area contributed by atoms with Crippen molar-refractivity contribution in [3.8, 4) is 5.75 Å². The highest BCUT2D eigenvalue weighted by molar-refractivity contribution is 6.32. The molecule has 1 aliphatic rings. The third kappa shape index (κ3) is 4.24. The zero-order valence-corrected chi connectivity index (χ0v) is 9.51. The lowest BCUT2D eigenvalue weighted by Crippen LogP contribution is -2.10. The summed E-state index contributed by atoms with van der Waals surface area (Å²) in [6, 6.07) is 7.77. The zero-order valence-electron chi connectivity index (χ0n) is 9.51. The van der Waals surface area contributed by atoms with E-state index < -0.39 is 11.8 Å². The Morgan fingerprint density at radius 2 is 2.06 bits per heavy atom. The summed E-state index contributed by atoms with van der Waals surface area (Å²) in [6.07, 6.45) is 0.750. The van der Waals surface area contributed by atoms with Crippen molar-refractivity contribution >= 4 is 11.8 Å². The first-order chi connectivity index (χ1) is 8.15. The van der Waals surface area contributed by atoms with Crippen LogP contribution in [0.1, 0.15) is 25.3 Å². The van der Waals surface area contributed by atoms with Gasteiger partial charge in [-0.15, -0.1) is 0 Å². The maximum Gasteiger partial charge on any atom is 0.372 e. The van der Waals surface area contributed by atoms with Crippen LogP contribution in [0.25, 0.3) is 0 Å². The molecule has 17 heavy (non-hydrogen) atoms. The SMILES string of the molecule is CCCC(=O)C(=O)O.c1ccc2c(c1)COO2. The maximum absolute atomic E-state index is 10.1. The standard InChI is InChI=1S/C7H6O2.C5H8O3/c1-2-4-7-6(3-1)5-8-9-7;1-2-3-4(6)5(7)8/h1-4H,5H2;2-3H2,1H3,(H,7,8). The smallest absolute Gasteiger partial charge is 0.372 e. The van der Waals surface area contributed by atoms with Crippen molar-refractivity contribution in [3.05, 3.63) is 29.8 Å². The maximum atomic E-state index is 10.1. The Bertz CT molecular complexity index is 377. The second-order valence-corrected chi connectivity index (χ2v) is 3.43. The van der Waals surface area contributed by atoms with Gasteiger partial charge in [0.25, 0.3) is 0 Å². The number of benzene rings is 1. The van der Waals surface area contributed by atoms with E-state index in [-0.39, 0.29) is 6.42 Å². The summed E-state index contributed by atoms with van der Waals surface area (Å²) in [6.45, 7) is 2.34. The summed E-state index contributed by atoms with van der Waals surface area (Å²) in [4.78, 5) is 29.4. The Kier molecular flexibility index (Phi) is 5.16. The van der Waals surface area contributed by atoms with E-state index in [1.807, 2.05) is 24.3 Å². The minimum atomic E-state index is -1.33. The minimum Gasteiger partial charge on any atom is -0.476 e. The largest absolute Gasteiger partial charge is 0.476 e. The fraction of sp³-hybridized carbons (Fsp3) is 0.333. The van der Waals surface area contributed by atoms with Gasteiger partial charge in [-0.3, -0.25) is 4.79 Å². The van der Waals surface area contributed by atoms with E-state index in [2.05, 4.69) is 0 Å². The predicted octanol–water partition coefficient (Wildman–Crippen LogP) is 1.95. The Hall–Kier alpha value is -1.88. The Balaban J connectivity index is 0.000000172. The Morgan fingerprint density at radius 1 is 1.35 bits per heavy atom. The number of Topliss-reactive ketones (excluding diaryl/α,β-unsaturated/α-hetero) is 1. The van der Waals surface area contributed by atoms with Crippen LogP contribution in [-0.4, -0.2) is 16.9 Å².